The van der Waals surface area contributed by atoms with E-state index in [1.165, 1.54) is 23.5 Å². The van der Waals surface area contributed by atoms with Crippen molar-refractivity contribution in [1.82, 2.24) is 4.98 Å². The Balaban J connectivity index is 1.88. The van der Waals surface area contributed by atoms with Crippen LogP contribution in [0, 0.1) is 13.8 Å². The van der Waals surface area contributed by atoms with E-state index in [9.17, 15) is 4.79 Å². The van der Waals surface area contributed by atoms with Crippen molar-refractivity contribution >= 4 is 34.0 Å². The summed E-state index contributed by atoms with van der Waals surface area (Å²) < 4.78 is 5.19. The van der Waals surface area contributed by atoms with Crippen LogP contribution >= 0.6 is 11.3 Å². The van der Waals surface area contributed by atoms with Gasteiger partial charge >= 0.3 is 5.97 Å². The zero-order chi connectivity index (χ0) is 20.8. The van der Waals surface area contributed by atoms with E-state index < -0.39 is 5.97 Å². The highest BCUT2D eigenvalue weighted by Crippen LogP contribution is 2.24. The van der Waals surface area contributed by atoms with Gasteiger partial charge in [-0.05, 0) is 62.4 Å². The van der Waals surface area contributed by atoms with Crippen LogP contribution in [-0.2, 0) is 0 Å². The minimum absolute atomic E-state index is 0.198. The van der Waals surface area contributed by atoms with E-state index in [2.05, 4.69) is 25.7 Å². The molecule has 1 aromatic heterocycles. The van der Waals surface area contributed by atoms with E-state index in [4.69, 9.17) is 9.84 Å². The number of carboxylic acids is 1. The summed E-state index contributed by atoms with van der Waals surface area (Å²) >= 11 is 1.45. The molecule has 2 N–H and O–H groups in total. The summed E-state index contributed by atoms with van der Waals surface area (Å²) in [6, 6.07) is 13.5. The number of benzene rings is 2. The Kier molecular flexibility index (Phi) is 6.30. The largest absolute Gasteiger partial charge is 0.497 e. The third kappa shape index (κ3) is 5.23. The summed E-state index contributed by atoms with van der Waals surface area (Å²) in [6.07, 6.45) is 0. The van der Waals surface area contributed by atoms with Gasteiger partial charge in [-0.2, -0.15) is 5.10 Å². The number of nitrogens with zero attached hydrogens (tertiary/aromatic N) is 4. The third-order valence-corrected chi connectivity index (χ3v) is 4.98. The third-order valence-electron chi connectivity index (χ3n) is 4.02. The zero-order valence-electron chi connectivity index (χ0n) is 16.1. The normalized spacial score (nSPS) is 11.6. The van der Waals surface area contributed by atoms with Crippen LogP contribution in [0.15, 0.2) is 63.9 Å². The number of hydrogen-bond acceptors (Lipinski definition) is 7. The van der Waals surface area contributed by atoms with Crippen LogP contribution in [0.2, 0.25) is 0 Å². The molecule has 148 valence electrons. The molecule has 0 unspecified atom stereocenters. The molecule has 0 fully saturated rings. The highest BCUT2D eigenvalue weighted by Gasteiger charge is 2.07. The second kappa shape index (κ2) is 9.07. The summed E-state index contributed by atoms with van der Waals surface area (Å²) in [5.74, 6) is 0.0794. The molecule has 8 nitrogen and oxygen atoms in total. The second-order valence-corrected chi connectivity index (χ2v) is 7.18. The first kappa shape index (κ1) is 20.2. The van der Waals surface area contributed by atoms with Crippen LogP contribution in [0.5, 0.6) is 5.75 Å². The van der Waals surface area contributed by atoms with Gasteiger partial charge in [0.05, 0.1) is 24.1 Å². The van der Waals surface area contributed by atoms with Gasteiger partial charge in [-0.3, -0.25) is 5.43 Å². The number of carboxylic acid groups (broad SMARTS) is 1. The lowest BCUT2D eigenvalue weighted by Crippen LogP contribution is -2.02. The molecular formula is C20H19N5O3S. The van der Waals surface area contributed by atoms with Crippen molar-refractivity contribution in [1.29, 1.82) is 0 Å². The molecule has 2 aromatic carbocycles. The van der Waals surface area contributed by atoms with E-state index in [1.54, 1.807) is 31.4 Å². The van der Waals surface area contributed by atoms with Gasteiger partial charge in [0.2, 0.25) is 11.0 Å². The van der Waals surface area contributed by atoms with Gasteiger partial charge < -0.3 is 9.84 Å². The average molecular weight is 409 g/mol. The number of hydrazone groups is 1. The van der Waals surface area contributed by atoms with Gasteiger partial charge in [0.1, 0.15) is 5.75 Å². The average Bonchev–Trinajstić information content (AvgIpc) is 3.06. The van der Waals surface area contributed by atoms with E-state index in [0.717, 1.165) is 16.1 Å². The van der Waals surface area contributed by atoms with Gasteiger partial charge in [-0.25, -0.2) is 9.78 Å². The highest BCUT2D eigenvalue weighted by atomic mass is 32.1. The summed E-state index contributed by atoms with van der Waals surface area (Å²) in [5, 5.41) is 22.3. The smallest absolute Gasteiger partial charge is 0.335 e. The van der Waals surface area contributed by atoms with E-state index in [1.807, 2.05) is 26.0 Å². The fourth-order valence-electron chi connectivity index (χ4n) is 2.28. The fourth-order valence-corrected chi connectivity index (χ4v) is 3.01. The van der Waals surface area contributed by atoms with Gasteiger partial charge in [0, 0.05) is 10.4 Å². The minimum atomic E-state index is -0.984. The first-order valence-corrected chi connectivity index (χ1v) is 9.45. The molecular weight excluding hydrogens is 390 g/mol. The number of amidine groups is 1. The van der Waals surface area contributed by atoms with Crippen LogP contribution in [-0.4, -0.2) is 29.0 Å². The van der Waals surface area contributed by atoms with Crippen LogP contribution < -0.4 is 10.2 Å². The Morgan fingerprint density at radius 2 is 1.72 bits per heavy atom. The van der Waals surface area contributed by atoms with Crippen molar-refractivity contribution in [2.45, 2.75) is 13.8 Å². The Hall–Kier alpha value is -3.59. The quantitative estimate of drug-likeness (QED) is 0.257. The predicted molar refractivity (Wildman–Crippen MR) is 113 cm³/mol. The maximum atomic E-state index is 11.0. The van der Waals surface area contributed by atoms with Crippen LogP contribution in [0.1, 0.15) is 26.5 Å². The Morgan fingerprint density at radius 3 is 2.28 bits per heavy atom. The lowest BCUT2D eigenvalue weighted by molar-refractivity contribution is 0.0697. The molecule has 0 amide bonds. The molecule has 0 aliphatic carbocycles. The fraction of sp³-hybridized carbons (Fsp3) is 0.150. The maximum absolute atomic E-state index is 11.0. The first-order valence-electron chi connectivity index (χ1n) is 8.63. The zero-order valence-corrected chi connectivity index (χ0v) is 16.9. The number of ether oxygens (including phenoxy) is 1. The number of aryl methyl sites for hydroxylation is 2. The molecule has 1 heterocycles. The Labute approximate surface area is 171 Å². The van der Waals surface area contributed by atoms with Crippen molar-refractivity contribution in [3.8, 4) is 5.75 Å². The molecule has 0 radical (unpaired) electrons. The van der Waals surface area contributed by atoms with Gasteiger partial charge in [-0.1, -0.05) is 11.3 Å². The molecule has 0 saturated heterocycles. The molecule has 0 spiro atoms. The highest BCUT2D eigenvalue weighted by molar-refractivity contribution is 7.15. The molecule has 9 heteroatoms. The Morgan fingerprint density at radius 1 is 1.07 bits per heavy atom. The molecule has 29 heavy (non-hydrogen) atoms. The number of methoxy groups -OCH3 is 1. The number of rotatable bonds is 6. The molecule has 0 saturated carbocycles. The molecule has 3 rings (SSSR count). The van der Waals surface area contributed by atoms with Gasteiger partial charge in [0.25, 0.3) is 0 Å². The molecule has 0 atom stereocenters. The standard InChI is InChI=1S/C20H19N5O3S/c1-12-13(2)29-20(21-12)25-24-18(14-6-10-17(28-3)11-7-14)23-22-16-8-4-15(5-9-16)19(26)27/h4-11,22H,1-3H3,(H,26,27)/b23-18+,25-24?. The lowest BCUT2D eigenvalue weighted by Gasteiger charge is -2.05. The summed E-state index contributed by atoms with van der Waals surface area (Å²) in [5.41, 5.74) is 5.36. The monoisotopic (exact) mass is 409 g/mol. The number of aromatic carboxylic acids is 1. The van der Waals surface area contributed by atoms with Crippen molar-refractivity contribution < 1.29 is 14.6 Å². The molecule has 0 aliphatic rings. The summed E-state index contributed by atoms with van der Waals surface area (Å²) in [4.78, 5) is 16.4. The SMILES string of the molecule is COc1ccc(/C(N=Nc2nc(C)c(C)s2)=N\Nc2ccc(C(=O)O)cc2)cc1. The van der Waals surface area contributed by atoms with Crippen molar-refractivity contribution in [2.24, 2.45) is 15.3 Å². The molecule has 3 aromatic rings. The predicted octanol–water partition coefficient (Wildman–Crippen LogP) is 5.02. The summed E-state index contributed by atoms with van der Waals surface area (Å²) in [7, 11) is 1.60. The van der Waals surface area contributed by atoms with Gasteiger partial charge in [0.15, 0.2) is 0 Å². The number of thiazole rings is 1. The summed E-state index contributed by atoms with van der Waals surface area (Å²) in [6.45, 7) is 3.90. The van der Waals surface area contributed by atoms with Crippen LogP contribution in [0.4, 0.5) is 10.8 Å². The second-order valence-electron chi connectivity index (χ2n) is 6.00. The van der Waals surface area contributed by atoms with Crippen LogP contribution in [0.3, 0.4) is 0 Å². The first-order chi connectivity index (χ1) is 14.0. The number of nitrogens with one attached hydrogen (secondary N) is 1. The Bertz CT molecular complexity index is 1040. The number of carbonyl (C=O) groups is 1. The van der Waals surface area contributed by atoms with E-state index >= 15 is 0 Å². The maximum Gasteiger partial charge on any atom is 0.335 e. The molecule has 0 bridgehead atoms. The number of hydrogen-bond donors (Lipinski definition) is 2. The van der Waals surface area contributed by atoms with E-state index in [0.29, 0.717) is 22.4 Å². The lowest BCUT2D eigenvalue weighted by atomic mass is 10.2. The number of aromatic nitrogens is 1. The van der Waals surface area contributed by atoms with Crippen molar-refractivity contribution in [3.05, 3.63) is 70.2 Å². The van der Waals surface area contributed by atoms with Crippen molar-refractivity contribution in [3.63, 3.8) is 0 Å². The van der Waals surface area contributed by atoms with E-state index in [-0.39, 0.29) is 5.56 Å². The van der Waals surface area contributed by atoms with Crippen molar-refractivity contribution in [2.75, 3.05) is 12.5 Å². The molecule has 0 aliphatic heterocycles. The number of anilines is 1. The minimum Gasteiger partial charge on any atom is -0.497 e. The topological polar surface area (TPSA) is 109 Å². The van der Waals surface area contributed by atoms with Crippen LogP contribution in [0.25, 0.3) is 0 Å². The van der Waals surface area contributed by atoms with Gasteiger partial charge in [-0.15, -0.1) is 10.2 Å². The number of azo groups is 1.